The van der Waals surface area contributed by atoms with Crippen LogP contribution in [0.1, 0.15) is 33.6 Å². The zero-order valence-corrected chi connectivity index (χ0v) is 8.84. The third-order valence-corrected chi connectivity index (χ3v) is 2.63. The number of rotatable bonds is 4. The lowest BCUT2D eigenvalue weighted by Crippen LogP contribution is -2.32. The van der Waals surface area contributed by atoms with Crippen molar-refractivity contribution in [1.29, 1.82) is 0 Å². The van der Waals surface area contributed by atoms with Crippen LogP contribution in [0.15, 0.2) is 11.6 Å². The molecule has 0 aromatic carbocycles. The van der Waals surface area contributed by atoms with E-state index in [9.17, 15) is 4.79 Å². The Morgan fingerprint density at radius 2 is 1.92 bits per heavy atom. The fourth-order valence-electron chi connectivity index (χ4n) is 1.62. The van der Waals surface area contributed by atoms with Gasteiger partial charge in [0, 0.05) is 18.7 Å². The third-order valence-electron chi connectivity index (χ3n) is 2.63. The maximum absolute atomic E-state index is 11.9. The van der Waals surface area contributed by atoms with Crippen molar-refractivity contribution in [3.8, 4) is 0 Å². The smallest absolute Gasteiger partial charge is 0.249 e. The molecule has 0 heterocycles. The molecule has 0 atom stereocenters. The van der Waals surface area contributed by atoms with Crippen molar-refractivity contribution in [1.82, 2.24) is 4.90 Å². The lowest BCUT2D eigenvalue weighted by molar-refractivity contribution is -0.127. The van der Waals surface area contributed by atoms with Gasteiger partial charge in [-0.1, -0.05) is 6.08 Å². The molecule has 1 aliphatic carbocycles. The van der Waals surface area contributed by atoms with E-state index in [0.29, 0.717) is 5.92 Å². The molecule has 1 rings (SSSR count). The van der Waals surface area contributed by atoms with Crippen LogP contribution < -0.4 is 0 Å². The zero-order valence-electron chi connectivity index (χ0n) is 8.84. The van der Waals surface area contributed by atoms with Gasteiger partial charge in [-0.05, 0) is 39.5 Å². The Balaban J connectivity index is 2.62. The van der Waals surface area contributed by atoms with Crippen molar-refractivity contribution in [2.24, 2.45) is 5.92 Å². The first-order chi connectivity index (χ1) is 6.24. The van der Waals surface area contributed by atoms with Crippen LogP contribution >= 0.6 is 0 Å². The summed E-state index contributed by atoms with van der Waals surface area (Å²) in [5.74, 6) is 0.813. The molecule has 2 heteroatoms. The molecule has 1 amide bonds. The largest absolute Gasteiger partial charge is 0.339 e. The minimum absolute atomic E-state index is 0.245. The minimum atomic E-state index is 0.245. The predicted molar refractivity (Wildman–Crippen MR) is 54.4 cm³/mol. The first-order valence-electron chi connectivity index (χ1n) is 5.20. The lowest BCUT2D eigenvalue weighted by Gasteiger charge is -2.20. The molecule has 1 aliphatic rings. The Morgan fingerprint density at radius 3 is 2.23 bits per heavy atom. The highest BCUT2D eigenvalue weighted by Gasteiger charge is 2.31. The van der Waals surface area contributed by atoms with Gasteiger partial charge in [-0.3, -0.25) is 4.79 Å². The summed E-state index contributed by atoms with van der Waals surface area (Å²) < 4.78 is 0. The molecular formula is C11H19NO. The van der Waals surface area contributed by atoms with Gasteiger partial charge < -0.3 is 4.90 Å². The van der Waals surface area contributed by atoms with Crippen LogP contribution in [0, 0.1) is 5.92 Å². The SMILES string of the molecule is C/C=C(/C(=O)N(CC)CC)C1CC1. The molecule has 0 saturated heterocycles. The third kappa shape index (κ3) is 2.33. The maximum Gasteiger partial charge on any atom is 0.249 e. The van der Waals surface area contributed by atoms with Gasteiger partial charge >= 0.3 is 0 Å². The van der Waals surface area contributed by atoms with Gasteiger partial charge in [0.1, 0.15) is 0 Å². The molecule has 0 N–H and O–H groups in total. The van der Waals surface area contributed by atoms with Crippen LogP contribution in [-0.4, -0.2) is 23.9 Å². The van der Waals surface area contributed by atoms with Gasteiger partial charge in [0.25, 0.3) is 0 Å². The molecule has 0 aromatic heterocycles. The van der Waals surface area contributed by atoms with Crippen LogP contribution in [0.25, 0.3) is 0 Å². The second kappa shape index (κ2) is 4.45. The topological polar surface area (TPSA) is 20.3 Å². The van der Waals surface area contributed by atoms with Crippen molar-refractivity contribution in [3.05, 3.63) is 11.6 Å². The average Bonchev–Trinajstić information content (AvgIpc) is 2.92. The van der Waals surface area contributed by atoms with Crippen LogP contribution in [0.2, 0.25) is 0 Å². The number of allylic oxidation sites excluding steroid dienone is 1. The summed E-state index contributed by atoms with van der Waals surface area (Å²) in [4.78, 5) is 13.8. The van der Waals surface area contributed by atoms with E-state index in [4.69, 9.17) is 0 Å². The molecule has 1 saturated carbocycles. The molecule has 13 heavy (non-hydrogen) atoms. The summed E-state index contributed by atoms with van der Waals surface area (Å²) in [6, 6.07) is 0. The first-order valence-corrected chi connectivity index (χ1v) is 5.20. The molecule has 0 aromatic rings. The lowest BCUT2D eigenvalue weighted by atomic mass is 10.1. The Labute approximate surface area is 80.6 Å². The fourth-order valence-corrected chi connectivity index (χ4v) is 1.62. The fraction of sp³-hybridized carbons (Fsp3) is 0.727. The van der Waals surface area contributed by atoms with Gasteiger partial charge in [0.2, 0.25) is 5.91 Å². The van der Waals surface area contributed by atoms with Crippen LogP contribution in [-0.2, 0) is 4.79 Å². The highest BCUT2D eigenvalue weighted by atomic mass is 16.2. The van der Waals surface area contributed by atoms with E-state index in [2.05, 4.69) is 0 Å². The monoisotopic (exact) mass is 181 g/mol. The zero-order chi connectivity index (χ0) is 9.84. The second-order valence-electron chi connectivity index (χ2n) is 3.50. The molecule has 0 bridgehead atoms. The van der Waals surface area contributed by atoms with E-state index in [1.807, 2.05) is 31.7 Å². The number of carbonyl (C=O) groups excluding carboxylic acids is 1. The molecule has 0 radical (unpaired) electrons. The molecule has 0 unspecified atom stereocenters. The van der Waals surface area contributed by atoms with Crippen molar-refractivity contribution >= 4 is 5.91 Å². The predicted octanol–water partition coefficient (Wildman–Crippen LogP) is 2.21. The summed E-state index contributed by atoms with van der Waals surface area (Å²) in [5.41, 5.74) is 1.03. The molecule has 1 fully saturated rings. The highest BCUT2D eigenvalue weighted by Crippen LogP contribution is 2.37. The Morgan fingerprint density at radius 1 is 1.38 bits per heavy atom. The van der Waals surface area contributed by atoms with Crippen LogP contribution in [0.3, 0.4) is 0 Å². The molecule has 2 nitrogen and oxygen atoms in total. The minimum Gasteiger partial charge on any atom is -0.339 e. The van der Waals surface area contributed by atoms with E-state index >= 15 is 0 Å². The number of likely N-dealkylation sites (N-methyl/N-ethyl adjacent to an activating group) is 1. The van der Waals surface area contributed by atoms with E-state index < -0.39 is 0 Å². The van der Waals surface area contributed by atoms with Gasteiger partial charge in [-0.25, -0.2) is 0 Å². The highest BCUT2D eigenvalue weighted by molar-refractivity contribution is 5.94. The summed E-state index contributed by atoms with van der Waals surface area (Å²) in [6.07, 6.45) is 4.39. The summed E-state index contributed by atoms with van der Waals surface area (Å²) >= 11 is 0. The molecule has 74 valence electrons. The number of nitrogens with zero attached hydrogens (tertiary/aromatic N) is 1. The normalized spacial score (nSPS) is 17.3. The van der Waals surface area contributed by atoms with Crippen molar-refractivity contribution in [2.75, 3.05) is 13.1 Å². The molecule has 0 spiro atoms. The van der Waals surface area contributed by atoms with E-state index in [-0.39, 0.29) is 5.91 Å². The van der Waals surface area contributed by atoms with E-state index in [1.165, 1.54) is 12.8 Å². The Kier molecular flexibility index (Phi) is 3.52. The van der Waals surface area contributed by atoms with Gasteiger partial charge in [-0.2, -0.15) is 0 Å². The average molecular weight is 181 g/mol. The standard InChI is InChI=1S/C11H19NO/c1-4-10(9-7-8-9)11(13)12(5-2)6-3/h4,9H,5-8H2,1-3H3/b10-4+. The number of amides is 1. The Bertz CT molecular complexity index is 212. The van der Waals surface area contributed by atoms with Crippen LogP contribution in [0.4, 0.5) is 0 Å². The van der Waals surface area contributed by atoms with Crippen molar-refractivity contribution < 1.29 is 4.79 Å². The first kappa shape index (κ1) is 10.3. The maximum atomic E-state index is 11.9. The van der Waals surface area contributed by atoms with E-state index in [0.717, 1.165) is 18.7 Å². The second-order valence-corrected chi connectivity index (χ2v) is 3.50. The van der Waals surface area contributed by atoms with Gasteiger partial charge in [0.05, 0.1) is 0 Å². The van der Waals surface area contributed by atoms with Gasteiger partial charge in [0.15, 0.2) is 0 Å². The molecule has 0 aliphatic heterocycles. The van der Waals surface area contributed by atoms with Crippen molar-refractivity contribution in [3.63, 3.8) is 0 Å². The summed E-state index contributed by atoms with van der Waals surface area (Å²) in [7, 11) is 0. The van der Waals surface area contributed by atoms with Crippen molar-refractivity contribution in [2.45, 2.75) is 33.6 Å². The number of hydrogen-bond acceptors (Lipinski definition) is 1. The number of hydrogen-bond donors (Lipinski definition) is 0. The Hall–Kier alpha value is -0.790. The molecular weight excluding hydrogens is 162 g/mol. The quantitative estimate of drug-likeness (QED) is 0.609. The number of carbonyl (C=O) groups is 1. The summed E-state index contributed by atoms with van der Waals surface area (Å²) in [6.45, 7) is 7.66. The van der Waals surface area contributed by atoms with E-state index in [1.54, 1.807) is 0 Å². The van der Waals surface area contributed by atoms with Gasteiger partial charge in [-0.15, -0.1) is 0 Å². The summed E-state index contributed by atoms with van der Waals surface area (Å²) in [5, 5.41) is 0. The van der Waals surface area contributed by atoms with Crippen LogP contribution in [0.5, 0.6) is 0 Å².